The second-order valence-electron chi connectivity index (χ2n) is 8.44. The van der Waals surface area contributed by atoms with E-state index in [2.05, 4.69) is 5.10 Å². The summed E-state index contributed by atoms with van der Waals surface area (Å²) in [5, 5.41) is 4.21. The van der Waals surface area contributed by atoms with Gasteiger partial charge in [0.05, 0.1) is 36.5 Å². The summed E-state index contributed by atoms with van der Waals surface area (Å²) in [5.41, 5.74) is 2.56. The molecule has 0 unspecified atom stereocenters. The third-order valence-corrected chi connectivity index (χ3v) is 6.26. The predicted octanol–water partition coefficient (Wildman–Crippen LogP) is 4.52. The fourth-order valence-corrected chi connectivity index (χ4v) is 4.64. The lowest BCUT2D eigenvalue weighted by molar-refractivity contribution is 0.0250. The second-order valence-corrected chi connectivity index (χ2v) is 8.44. The molecule has 0 amide bonds. The third-order valence-electron chi connectivity index (χ3n) is 6.26. The maximum absolute atomic E-state index is 14.7. The number of ketones is 1. The second kappa shape index (κ2) is 8.50. The number of anilines is 1. The van der Waals surface area contributed by atoms with Crippen LogP contribution in [-0.4, -0.2) is 47.4 Å². The molecule has 3 aromatic rings. The molecule has 8 heteroatoms. The van der Waals surface area contributed by atoms with E-state index in [1.165, 1.54) is 25.3 Å². The van der Waals surface area contributed by atoms with Crippen molar-refractivity contribution in [3.63, 3.8) is 0 Å². The number of ether oxygens (including phenoxy) is 2. The van der Waals surface area contributed by atoms with Gasteiger partial charge in [-0.15, -0.1) is 0 Å². The van der Waals surface area contributed by atoms with Gasteiger partial charge in [-0.05, 0) is 37.3 Å². The molecule has 2 aliphatic heterocycles. The van der Waals surface area contributed by atoms with Crippen molar-refractivity contribution in [2.45, 2.75) is 44.5 Å². The van der Waals surface area contributed by atoms with Crippen LogP contribution in [0.3, 0.4) is 0 Å². The van der Waals surface area contributed by atoms with Crippen LogP contribution in [0, 0.1) is 5.82 Å². The smallest absolute Gasteiger partial charge is 0.163 e. The number of benzene rings is 1. The standard InChI is InChI=1S/C24H25F2N3O3/c1-15(30)21-13-27-29-7-4-18(12-23(21)29)28-14-17(26)11-22(28)20-10-16(25)2-3-24(20)32-19-5-8-31-9-6-19/h2-4,7,10,12-13,17,19,22H,5-6,8-9,11,14H2,1H3/t17-,22+/m0/s1. The number of halogens is 2. The summed E-state index contributed by atoms with van der Waals surface area (Å²) in [5.74, 6) is 0.111. The minimum atomic E-state index is -1.06. The molecule has 4 heterocycles. The van der Waals surface area contributed by atoms with Crippen LogP contribution in [0.2, 0.25) is 0 Å². The van der Waals surface area contributed by atoms with Crippen LogP contribution >= 0.6 is 0 Å². The third kappa shape index (κ3) is 3.95. The number of nitrogens with zero attached hydrogens (tertiary/aromatic N) is 3. The van der Waals surface area contributed by atoms with Crippen molar-refractivity contribution in [1.29, 1.82) is 0 Å². The van der Waals surface area contributed by atoms with E-state index in [9.17, 15) is 13.6 Å². The Balaban J connectivity index is 1.52. The van der Waals surface area contributed by atoms with Crippen molar-refractivity contribution in [1.82, 2.24) is 9.61 Å². The highest BCUT2D eigenvalue weighted by atomic mass is 19.1. The first-order valence-corrected chi connectivity index (χ1v) is 10.9. The Bertz CT molecular complexity index is 1140. The van der Waals surface area contributed by atoms with Gasteiger partial charge in [0.15, 0.2) is 5.78 Å². The summed E-state index contributed by atoms with van der Waals surface area (Å²) in [6.45, 7) is 2.94. The van der Waals surface area contributed by atoms with E-state index in [-0.39, 0.29) is 36.7 Å². The van der Waals surface area contributed by atoms with Gasteiger partial charge in [0.2, 0.25) is 0 Å². The quantitative estimate of drug-likeness (QED) is 0.545. The average Bonchev–Trinajstić information content (AvgIpc) is 3.38. The number of pyridine rings is 1. The van der Waals surface area contributed by atoms with Gasteiger partial charge in [-0.1, -0.05) is 0 Å². The summed E-state index contributed by atoms with van der Waals surface area (Å²) >= 11 is 0. The summed E-state index contributed by atoms with van der Waals surface area (Å²) < 4.78 is 42.2. The molecule has 6 nitrogen and oxygen atoms in total. The number of fused-ring (bicyclic) bond motifs is 1. The molecule has 0 aliphatic carbocycles. The highest BCUT2D eigenvalue weighted by Gasteiger charge is 2.36. The SMILES string of the molecule is CC(=O)c1cnn2ccc(N3C[C@@H](F)C[C@@H]3c3cc(F)ccc3OC3CCOCC3)cc12. The van der Waals surface area contributed by atoms with Crippen LogP contribution < -0.4 is 9.64 Å². The molecular formula is C24H25F2N3O3. The van der Waals surface area contributed by atoms with Crippen molar-refractivity contribution in [3.8, 4) is 5.75 Å². The van der Waals surface area contributed by atoms with Gasteiger partial charge in [-0.3, -0.25) is 4.79 Å². The monoisotopic (exact) mass is 441 g/mol. The number of carbonyl (C=O) groups excluding carboxylic acids is 1. The molecule has 5 rings (SSSR count). The summed E-state index contributed by atoms with van der Waals surface area (Å²) in [7, 11) is 0. The Hall–Kier alpha value is -3.00. The van der Waals surface area contributed by atoms with E-state index in [1.807, 2.05) is 17.0 Å². The van der Waals surface area contributed by atoms with E-state index in [0.717, 1.165) is 18.5 Å². The summed E-state index contributed by atoms with van der Waals surface area (Å²) in [6.07, 6.45) is 3.99. The summed E-state index contributed by atoms with van der Waals surface area (Å²) in [6, 6.07) is 7.75. The van der Waals surface area contributed by atoms with Crippen molar-refractivity contribution in [3.05, 3.63) is 59.7 Å². The lowest BCUT2D eigenvalue weighted by Crippen LogP contribution is -2.28. The highest BCUT2D eigenvalue weighted by molar-refractivity contribution is 6.00. The number of hydrogen-bond acceptors (Lipinski definition) is 5. The number of hydrogen-bond donors (Lipinski definition) is 0. The van der Waals surface area contributed by atoms with Gasteiger partial charge < -0.3 is 14.4 Å². The first-order valence-electron chi connectivity index (χ1n) is 10.9. The van der Waals surface area contributed by atoms with Gasteiger partial charge in [0.1, 0.15) is 23.8 Å². The lowest BCUT2D eigenvalue weighted by Gasteiger charge is -2.30. The van der Waals surface area contributed by atoms with Crippen molar-refractivity contribution < 1.29 is 23.0 Å². The van der Waals surface area contributed by atoms with Crippen molar-refractivity contribution >= 4 is 17.0 Å². The Morgan fingerprint density at radius 2 is 2.03 bits per heavy atom. The Kier molecular flexibility index (Phi) is 5.55. The average molecular weight is 441 g/mol. The number of alkyl halides is 1. The Morgan fingerprint density at radius 3 is 2.81 bits per heavy atom. The zero-order valence-electron chi connectivity index (χ0n) is 17.8. The van der Waals surface area contributed by atoms with Gasteiger partial charge in [0.25, 0.3) is 0 Å². The number of Topliss-reactive ketones (excluding diaryl/α,β-unsaturated/α-hetero) is 1. The normalized spacial score (nSPS) is 21.9. The molecule has 0 bridgehead atoms. The van der Waals surface area contributed by atoms with E-state index >= 15 is 0 Å². The van der Waals surface area contributed by atoms with Gasteiger partial charge in [0, 0.05) is 43.3 Å². The van der Waals surface area contributed by atoms with Crippen LogP contribution in [0.15, 0.2) is 42.7 Å². The van der Waals surface area contributed by atoms with Crippen molar-refractivity contribution in [2.24, 2.45) is 0 Å². The van der Waals surface area contributed by atoms with Crippen LogP contribution in [0.4, 0.5) is 14.5 Å². The maximum atomic E-state index is 14.7. The van der Waals surface area contributed by atoms with Crippen molar-refractivity contribution in [2.75, 3.05) is 24.7 Å². The molecule has 2 aromatic heterocycles. The molecule has 2 aliphatic rings. The largest absolute Gasteiger partial charge is 0.490 e. The lowest BCUT2D eigenvalue weighted by atomic mass is 10.0. The predicted molar refractivity (Wildman–Crippen MR) is 116 cm³/mol. The van der Waals surface area contributed by atoms with Crippen LogP contribution in [0.1, 0.15) is 48.1 Å². The number of aromatic nitrogens is 2. The Labute approximate surface area is 184 Å². The number of carbonyl (C=O) groups is 1. The minimum Gasteiger partial charge on any atom is -0.490 e. The molecule has 0 N–H and O–H groups in total. The number of rotatable bonds is 5. The van der Waals surface area contributed by atoms with E-state index in [0.29, 0.717) is 35.6 Å². The van der Waals surface area contributed by atoms with E-state index in [1.54, 1.807) is 16.8 Å². The molecule has 168 valence electrons. The first-order chi connectivity index (χ1) is 15.5. The molecule has 2 saturated heterocycles. The van der Waals surface area contributed by atoms with Crippen LogP contribution in [0.5, 0.6) is 5.75 Å². The van der Waals surface area contributed by atoms with Crippen LogP contribution in [0.25, 0.3) is 5.52 Å². The minimum absolute atomic E-state index is 0.00902. The maximum Gasteiger partial charge on any atom is 0.163 e. The summed E-state index contributed by atoms with van der Waals surface area (Å²) in [4.78, 5) is 13.9. The van der Waals surface area contributed by atoms with E-state index < -0.39 is 6.17 Å². The molecule has 32 heavy (non-hydrogen) atoms. The highest BCUT2D eigenvalue weighted by Crippen LogP contribution is 2.42. The fourth-order valence-electron chi connectivity index (χ4n) is 4.64. The molecule has 2 atom stereocenters. The van der Waals surface area contributed by atoms with Gasteiger partial charge in [-0.25, -0.2) is 13.3 Å². The fraction of sp³-hybridized carbons (Fsp3) is 0.417. The van der Waals surface area contributed by atoms with Crippen LogP contribution in [-0.2, 0) is 4.74 Å². The van der Waals surface area contributed by atoms with Gasteiger partial charge >= 0.3 is 0 Å². The first kappa shape index (κ1) is 20.9. The molecule has 0 spiro atoms. The van der Waals surface area contributed by atoms with E-state index in [4.69, 9.17) is 9.47 Å². The molecule has 0 saturated carbocycles. The Morgan fingerprint density at radius 1 is 1.22 bits per heavy atom. The molecule has 2 fully saturated rings. The zero-order chi connectivity index (χ0) is 22.2. The zero-order valence-corrected chi connectivity index (χ0v) is 17.8. The van der Waals surface area contributed by atoms with Gasteiger partial charge in [-0.2, -0.15) is 5.10 Å². The molecule has 0 radical (unpaired) electrons. The molecular weight excluding hydrogens is 416 g/mol. The topological polar surface area (TPSA) is 56.1 Å². The molecule has 1 aromatic carbocycles.